The Morgan fingerprint density at radius 2 is 1.75 bits per heavy atom. The molecule has 1 saturated carbocycles. The molecule has 0 radical (unpaired) electrons. The second-order valence-electron chi connectivity index (χ2n) is 13.4. The molecule has 6 atom stereocenters. The van der Waals surface area contributed by atoms with Gasteiger partial charge in [-0.3, -0.25) is 0 Å². The lowest BCUT2D eigenvalue weighted by Gasteiger charge is -2.59. The van der Waals surface area contributed by atoms with Crippen molar-refractivity contribution >= 4 is 0 Å². The van der Waals surface area contributed by atoms with Crippen LogP contribution in [0.4, 0.5) is 0 Å². The molecule has 1 heterocycles. The molecule has 0 aromatic rings. The summed E-state index contributed by atoms with van der Waals surface area (Å²) in [6, 6.07) is 0. The molecule has 32 heavy (non-hydrogen) atoms. The number of hydrogen-bond donors (Lipinski definition) is 1. The van der Waals surface area contributed by atoms with Gasteiger partial charge in [-0.1, -0.05) is 52.7 Å². The molecule has 0 aromatic carbocycles. The molecule has 1 saturated heterocycles. The van der Waals surface area contributed by atoms with Gasteiger partial charge in [0, 0.05) is 0 Å². The summed E-state index contributed by atoms with van der Waals surface area (Å²) < 4.78 is 0. The fourth-order valence-electron chi connectivity index (χ4n) is 9.35. The number of piperidine rings is 1. The third-order valence-electron chi connectivity index (χ3n) is 11.5. The Hall–Kier alpha value is -0.600. The number of likely N-dealkylation sites (tertiary alicyclic amines) is 1. The van der Waals surface area contributed by atoms with E-state index in [9.17, 15) is 5.11 Å². The first-order valence-electron chi connectivity index (χ1n) is 14.0. The summed E-state index contributed by atoms with van der Waals surface area (Å²) in [5, 5.41) is 10.8. The van der Waals surface area contributed by atoms with Crippen LogP contribution in [0.5, 0.6) is 0 Å². The van der Waals surface area contributed by atoms with Crippen LogP contribution < -0.4 is 0 Å². The summed E-state index contributed by atoms with van der Waals surface area (Å²) >= 11 is 0. The van der Waals surface area contributed by atoms with E-state index >= 15 is 0 Å². The summed E-state index contributed by atoms with van der Waals surface area (Å²) in [7, 11) is 0. The number of aliphatic hydroxyl groups is 1. The van der Waals surface area contributed by atoms with Crippen molar-refractivity contribution in [2.24, 2.45) is 34.0 Å². The molecule has 0 aromatic heterocycles. The maximum Gasteiger partial charge on any atom is 0.0594 e. The lowest BCUT2D eigenvalue weighted by molar-refractivity contribution is -0.0905. The highest BCUT2D eigenvalue weighted by Gasteiger charge is 2.57. The third kappa shape index (κ3) is 3.49. The number of fused-ring (bicyclic) bond motifs is 4. The molecule has 1 N–H and O–H groups in total. The zero-order valence-corrected chi connectivity index (χ0v) is 21.7. The van der Waals surface area contributed by atoms with E-state index in [2.05, 4.69) is 45.6 Å². The van der Waals surface area contributed by atoms with Crippen LogP contribution in [0.2, 0.25) is 0 Å². The van der Waals surface area contributed by atoms with Crippen LogP contribution in [-0.4, -0.2) is 35.7 Å². The van der Waals surface area contributed by atoms with Gasteiger partial charge >= 0.3 is 0 Å². The fourth-order valence-corrected chi connectivity index (χ4v) is 9.35. The van der Waals surface area contributed by atoms with E-state index in [0.717, 1.165) is 18.3 Å². The average Bonchev–Trinajstić information content (AvgIpc) is 3.13. The predicted octanol–water partition coefficient (Wildman–Crippen LogP) is 7.14. The largest absolute Gasteiger partial charge is 0.393 e. The van der Waals surface area contributed by atoms with E-state index < -0.39 is 0 Å². The molecule has 2 fully saturated rings. The maximum absolute atomic E-state index is 10.8. The molecule has 0 amide bonds. The van der Waals surface area contributed by atoms with Gasteiger partial charge in [0.25, 0.3) is 0 Å². The van der Waals surface area contributed by atoms with Gasteiger partial charge in [-0.2, -0.15) is 0 Å². The molecule has 1 aliphatic heterocycles. The molecule has 2 nitrogen and oxygen atoms in total. The molecule has 180 valence electrons. The molecule has 5 aliphatic rings. The lowest BCUT2D eigenvalue weighted by Crippen LogP contribution is -2.53. The summed E-state index contributed by atoms with van der Waals surface area (Å²) in [6.07, 6.45) is 16.8. The number of hydrogen-bond acceptors (Lipinski definition) is 2. The second-order valence-corrected chi connectivity index (χ2v) is 13.4. The smallest absolute Gasteiger partial charge is 0.0594 e. The SMILES string of the molecule is C[C@H](CCN1CCCCC1)[C@H]1CC=C2C3=C(CC[C@@]21C)[C@@]1(C)CC[C@H](O)C(C)(C)[C@@H]1CC3. The highest BCUT2D eigenvalue weighted by Crippen LogP contribution is 2.66. The molecular weight excluding hydrogens is 390 g/mol. The van der Waals surface area contributed by atoms with E-state index in [1.54, 1.807) is 16.7 Å². The highest BCUT2D eigenvalue weighted by atomic mass is 16.3. The maximum atomic E-state index is 10.8. The number of aliphatic hydroxyl groups excluding tert-OH is 1. The first kappa shape index (κ1) is 23.2. The van der Waals surface area contributed by atoms with Crippen molar-refractivity contribution in [1.82, 2.24) is 4.90 Å². The minimum atomic E-state index is -0.132. The van der Waals surface area contributed by atoms with Crippen molar-refractivity contribution < 1.29 is 5.11 Å². The monoisotopic (exact) mass is 439 g/mol. The summed E-state index contributed by atoms with van der Waals surface area (Å²) in [4.78, 5) is 2.73. The zero-order chi connectivity index (χ0) is 22.7. The van der Waals surface area contributed by atoms with Gasteiger partial charge in [-0.15, -0.1) is 0 Å². The van der Waals surface area contributed by atoms with Crippen LogP contribution in [0, 0.1) is 34.0 Å². The van der Waals surface area contributed by atoms with E-state index in [-0.39, 0.29) is 11.5 Å². The molecular formula is C30H49NO. The van der Waals surface area contributed by atoms with E-state index in [1.165, 1.54) is 83.8 Å². The molecule has 0 spiro atoms. The quantitative estimate of drug-likeness (QED) is 0.503. The fraction of sp³-hybridized carbons (Fsp3) is 0.867. The molecule has 0 unspecified atom stereocenters. The second kappa shape index (κ2) is 8.26. The Morgan fingerprint density at radius 3 is 2.50 bits per heavy atom. The van der Waals surface area contributed by atoms with Crippen LogP contribution in [-0.2, 0) is 0 Å². The minimum Gasteiger partial charge on any atom is -0.393 e. The summed E-state index contributed by atoms with van der Waals surface area (Å²) in [5.41, 5.74) is 6.08. The van der Waals surface area contributed by atoms with Gasteiger partial charge in [-0.05, 0) is 129 Å². The summed E-state index contributed by atoms with van der Waals surface area (Å²) in [5.74, 6) is 2.27. The highest BCUT2D eigenvalue weighted by molar-refractivity contribution is 5.49. The van der Waals surface area contributed by atoms with Crippen molar-refractivity contribution in [3.63, 3.8) is 0 Å². The van der Waals surface area contributed by atoms with E-state index in [0.29, 0.717) is 16.7 Å². The van der Waals surface area contributed by atoms with E-state index in [4.69, 9.17) is 0 Å². The van der Waals surface area contributed by atoms with Gasteiger partial charge in [0.2, 0.25) is 0 Å². The van der Waals surface area contributed by atoms with Crippen molar-refractivity contribution in [3.05, 3.63) is 22.8 Å². The molecule has 5 rings (SSSR count). The van der Waals surface area contributed by atoms with Gasteiger partial charge in [-0.25, -0.2) is 0 Å². The zero-order valence-electron chi connectivity index (χ0n) is 21.7. The van der Waals surface area contributed by atoms with Crippen LogP contribution in [0.1, 0.15) is 105 Å². The van der Waals surface area contributed by atoms with Gasteiger partial charge in [0.1, 0.15) is 0 Å². The Bertz CT molecular complexity index is 787. The first-order valence-corrected chi connectivity index (χ1v) is 14.0. The van der Waals surface area contributed by atoms with Crippen molar-refractivity contribution in [3.8, 4) is 0 Å². The normalized spacial score (nSPS) is 42.7. The Morgan fingerprint density at radius 1 is 1.00 bits per heavy atom. The topological polar surface area (TPSA) is 23.5 Å². The van der Waals surface area contributed by atoms with Crippen molar-refractivity contribution in [2.45, 2.75) is 111 Å². The minimum absolute atomic E-state index is 0.0435. The number of rotatable bonds is 4. The number of allylic oxidation sites excluding steroid dienone is 4. The van der Waals surface area contributed by atoms with Crippen LogP contribution in [0.25, 0.3) is 0 Å². The van der Waals surface area contributed by atoms with Gasteiger partial charge in [0.15, 0.2) is 0 Å². The first-order chi connectivity index (χ1) is 15.2. The van der Waals surface area contributed by atoms with E-state index in [1.807, 2.05) is 0 Å². The molecule has 4 aliphatic carbocycles. The Kier molecular flexibility index (Phi) is 5.98. The van der Waals surface area contributed by atoms with Gasteiger partial charge < -0.3 is 10.0 Å². The summed E-state index contributed by atoms with van der Waals surface area (Å²) in [6.45, 7) is 16.4. The van der Waals surface area contributed by atoms with Crippen LogP contribution >= 0.6 is 0 Å². The van der Waals surface area contributed by atoms with Gasteiger partial charge in [0.05, 0.1) is 6.10 Å². The standard InChI is InChI=1S/C30H49NO/c1-21(15-20-31-18-7-6-8-19-31)23-10-11-24-22-9-12-26-28(2,3)27(32)14-17-30(26,5)25(22)13-16-29(23,24)4/h11,21,23,26-27,32H,6-10,12-20H2,1-5H3/t21-,23-,26+,27+,29-,30-/m1/s1. The van der Waals surface area contributed by atoms with Crippen LogP contribution in [0.3, 0.4) is 0 Å². The predicted molar refractivity (Wildman–Crippen MR) is 134 cm³/mol. The van der Waals surface area contributed by atoms with Crippen molar-refractivity contribution in [2.75, 3.05) is 19.6 Å². The Labute approximate surface area is 197 Å². The Balaban J connectivity index is 1.35. The molecule has 2 heteroatoms. The van der Waals surface area contributed by atoms with Crippen LogP contribution in [0.15, 0.2) is 22.8 Å². The number of nitrogens with zero attached hydrogens (tertiary/aromatic N) is 1. The third-order valence-corrected chi connectivity index (χ3v) is 11.5. The lowest BCUT2D eigenvalue weighted by atomic mass is 9.46. The van der Waals surface area contributed by atoms with Crippen molar-refractivity contribution in [1.29, 1.82) is 0 Å². The average molecular weight is 440 g/mol. The molecule has 0 bridgehead atoms.